The Bertz CT molecular complexity index is 938. The van der Waals surface area contributed by atoms with E-state index in [4.69, 9.17) is 4.52 Å². The molecule has 0 bridgehead atoms. The Morgan fingerprint density at radius 2 is 2.00 bits per heavy atom. The molecule has 2 aromatic rings. The highest BCUT2D eigenvalue weighted by molar-refractivity contribution is 6.04. The van der Waals surface area contributed by atoms with Gasteiger partial charge in [-0.25, -0.2) is 0 Å². The second kappa shape index (κ2) is 6.65. The van der Waals surface area contributed by atoms with Gasteiger partial charge >= 0.3 is 6.18 Å². The van der Waals surface area contributed by atoms with Crippen molar-refractivity contribution in [3.05, 3.63) is 46.8 Å². The third-order valence-electron chi connectivity index (χ3n) is 5.34. The Morgan fingerprint density at radius 3 is 2.64 bits per heavy atom. The van der Waals surface area contributed by atoms with Gasteiger partial charge in [0.05, 0.1) is 5.56 Å². The van der Waals surface area contributed by atoms with Gasteiger partial charge in [-0.05, 0) is 43.9 Å². The minimum atomic E-state index is -4.65. The Labute approximate surface area is 158 Å². The third kappa shape index (κ3) is 3.36. The molecule has 2 amide bonds. The molecular weight excluding hydrogens is 375 g/mol. The van der Waals surface area contributed by atoms with Gasteiger partial charge in [0.15, 0.2) is 5.69 Å². The van der Waals surface area contributed by atoms with Gasteiger partial charge in [-0.3, -0.25) is 9.59 Å². The fourth-order valence-electron chi connectivity index (χ4n) is 3.95. The molecule has 1 saturated carbocycles. The lowest BCUT2D eigenvalue weighted by Crippen LogP contribution is -2.55. The van der Waals surface area contributed by atoms with E-state index in [0.29, 0.717) is 18.2 Å². The van der Waals surface area contributed by atoms with Crippen LogP contribution in [0, 0.1) is 12.8 Å². The number of hydrogen-bond acceptors (Lipinski definition) is 4. The lowest BCUT2D eigenvalue weighted by atomic mass is 9.91. The van der Waals surface area contributed by atoms with E-state index in [1.165, 1.54) is 12.1 Å². The zero-order valence-corrected chi connectivity index (χ0v) is 15.0. The van der Waals surface area contributed by atoms with Crippen LogP contribution in [-0.2, 0) is 6.18 Å². The van der Waals surface area contributed by atoms with Gasteiger partial charge in [-0.15, -0.1) is 0 Å². The van der Waals surface area contributed by atoms with Crippen LogP contribution in [0.4, 0.5) is 18.9 Å². The zero-order valence-electron chi connectivity index (χ0n) is 15.0. The minimum Gasteiger partial charge on any atom is -0.361 e. The normalized spacial score (nSPS) is 21.2. The number of likely N-dealkylation sites (tertiary alicyclic amines) is 1. The first-order valence-corrected chi connectivity index (χ1v) is 9.00. The molecule has 2 heterocycles. The molecule has 0 radical (unpaired) electrons. The predicted octanol–water partition coefficient (Wildman–Crippen LogP) is 3.88. The second-order valence-corrected chi connectivity index (χ2v) is 7.29. The summed E-state index contributed by atoms with van der Waals surface area (Å²) in [5, 5.41) is 5.91. The standard InChI is InChI=1S/C19H18F3N3O3/c1-10-5-15(24-28-10)17(26)23-14-7-12(6-13(8-14)19(20,21)22)18(27)25-9-11-3-2-4-16(11)25/h5-8,11,16H,2-4,9H2,1H3,(H,23,26)/t11-,16-/m0/s1. The number of amides is 2. The molecule has 1 aliphatic carbocycles. The largest absolute Gasteiger partial charge is 0.416 e. The van der Waals surface area contributed by atoms with Crippen LogP contribution < -0.4 is 5.32 Å². The van der Waals surface area contributed by atoms with E-state index in [2.05, 4.69) is 10.5 Å². The van der Waals surface area contributed by atoms with Crippen molar-refractivity contribution in [3.8, 4) is 0 Å². The van der Waals surface area contributed by atoms with Crippen molar-refractivity contribution in [1.29, 1.82) is 0 Å². The second-order valence-electron chi connectivity index (χ2n) is 7.29. The van der Waals surface area contributed by atoms with E-state index in [-0.39, 0.29) is 23.0 Å². The summed E-state index contributed by atoms with van der Waals surface area (Å²) in [6, 6.07) is 4.38. The average Bonchev–Trinajstić information content (AvgIpc) is 3.20. The summed E-state index contributed by atoms with van der Waals surface area (Å²) in [4.78, 5) is 26.6. The predicted molar refractivity (Wildman–Crippen MR) is 92.8 cm³/mol. The quantitative estimate of drug-likeness (QED) is 0.859. The van der Waals surface area contributed by atoms with E-state index in [1.807, 2.05) is 0 Å². The number of carbonyl (C=O) groups excluding carboxylic acids is 2. The average molecular weight is 393 g/mol. The number of nitrogens with zero attached hydrogens (tertiary/aromatic N) is 2. The maximum atomic E-state index is 13.3. The summed E-state index contributed by atoms with van der Waals surface area (Å²) < 4.78 is 44.8. The fourth-order valence-corrected chi connectivity index (χ4v) is 3.95. The molecule has 4 rings (SSSR count). The molecule has 1 aliphatic heterocycles. The van der Waals surface area contributed by atoms with Crippen LogP contribution in [0.1, 0.15) is 51.4 Å². The highest BCUT2D eigenvalue weighted by Gasteiger charge is 2.45. The molecular formula is C19H18F3N3O3. The van der Waals surface area contributed by atoms with E-state index in [0.717, 1.165) is 31.4 Å². The number of carbonyl (C=O) groups is 2. The number of nitrogens with one attached hydrogen (secondary N) is 1. The third-order valence-corrected chi connectivity index (χ3v) is 5.34. The molecule has 1 N–H and O–H groups in total. The van der Waals surface area contributed by atoms with Crippen molar-refractivity contribution >= 4 is 17.5 Å². The Balaban J connectivity index is 1.62. The number of rotatable bonds is 3. The van der Waals surface area contributed by atoms with Crippen LogP contribution in [-0.4, -0.2) is 34.5 Å². The van der Waals surface area contributed by atoms with Crippen molar-refractivity contribution in [3.63, 3.8) is 0 Å². The Morgan fingerprint density at radius 1 is 1.21 bits per heavy atom. The highest BCUT2D eigenvalue weighted by Crippen LogP contribution is 2.40. The summed E-state index contributed by atoms with van der Waals surface area (Å²) in [6.45, 7) is 2.16. The molecule has 2 aliphatic rings. The van der Waals surface area contributed by atoms with Crippen molar-refractivity contribution in [1.82, 2.24) is 10.1 Å². The lowest BCUT2D eigenvalue weighted by molar-refractivity contribution is -0.137. The number of aromatic nitrogens is 1. The summed E-state index contributed by atoms with van der Waals surface area (Å²) in [5.41, 5.74) is -1.26. The molecule has 0 spiro atoms. The van der Waals surface area contributed by atoms with Crippen LogP contribution in [0.15, 0.2) is 28.8 Å². The maximum Gasteiger partial charge on any atom is 0.416 e. The number of anilines is 1. The first-order valence-electron chi connectivity index (χ1n) is 9.00. The number of hydrogen-bond donors (Lipinski definition) is 1. The first kappa shape index (κ1) is 18.5. The van der Waals surface area contributed by atoms with Crippen LogP contribution in [0.2, 0.25) is 0 Å². The van der Waals surface area contributed by atoms with Gasteiger partial charge < -0.3 is 14.7 Å². The van der Waals surface area contributed by atoms with Gasteiger partial charge in [0.25, 0.3) is 11.8 Å². The molecule has 1 saturated heterocycles. The van der Waals surface area contributed by atoms with Crippen molar-refractivity contribution in [2.24, 2.45) is 5.92 Å². The van der Waals surface area contributed by atoms with Gasteiger partial charge in [0.1, 0.15) is 5.76 Å². The number of fused-ring (bicyclic) bond motifs is 1. The molecule has 1 aromatic heterocycles. The first-order chi connectivity index (χ1) is 13.2. The molecule has 2 atom stereocenters. The molecule has 1 aromatic carbocycles. The van der Waals surface area contributed by atoms with Crippen LogP contribution in [0.25, 0.3) is 0 Å². The Hall–Kier alpha value is -2.84. The monoisotopic (exact) mass is 393 g/mol. The smallest absolute Gasteiger partial charge is 0.361 e. The maximum absolute atomic E-state index is 13.3. The molecule has 0 unspecified atom stereocenters. The summed E-state index contributed by atoms with van der Waals surface area (Å²) >= 11 is 0. The van der Waals surface area contributed by atoms with E-state index >= 15 is 0 Å². The van der Waals surface area contributed by atoms with E-state index in [9.17, 15) is 22.8 Å². The number of benzene rings is 1. The SMILES string of the molecule is Cc1cc(C(=O)Nc2cc(C(=O)N3C[C@@H]4CCC[C@@H]43)cc(C(F)(F)F)c2)no1. The highest BCUT2D eigenvalue weighted by atomic mass is 19.4. The van der Waals surface area contributed by atoms with E-state index < -0.39 is 23.6 Å². The number of aryl methyl sites for hydroxylation is 1. The van der Waals surface area contributed by atoms with Crippen LogP contribution >= 0.6 is 0 Å². The van der Waals surface area contributed by atoms with Crippen LogP contribution in [0.3, 0.4) is 0 Å². The molecule has 2 fully saturated rings. The van der Waals surface area contributed by atoms with Gasteiger partial charge in [0, 0.05) is 29.9 Å². The van der Waals surface area contributed by atoms with E-state index in [1.54, 1.807) is 11.8 Å². The molecule has 28 heavy (non-hydrogen) atoms. The topological polar surface area (TPSA) is 75.4 Å². The molecule has 9 heteroatoms. The van der Waals surface area contributed by atoms with Crippen molar-refractivity contribution in [2.45, 2.75) is 38.4 Å². The summed E-state index contributed by atoms with van der Waals surface area (Å²) in [5.74, 6) is -0.310. The van der Waals surface area contributed by atoms with Gasteiger partial charge in [-0.1, -0.05) is 11.6 Å². The van der Waals surface area contributed by atoms with Gasteiger partial charge in [0.2, 0.25) is 0 Å². The lowest BCUT2D eigenvalue weighted by Gasteiger charge is -2.44. The fraction of sp³-hybridized carbons (Fsp3) is 0.421. The van der Waals surface area contributed by atoms with Crippen molar-refractivity contribution in [2.75, 3.05) is 11.9 Å². The van der Waals surface area contributed by atoms with Crippen LogP contribution in [0.5, 0.6) is 0 Å². The van der Waals surface area contributed by atoms with Gasteiger partial charge in [-0.2, -0.15) is 13.2 Å². The molecule has 148 valence electrons. The summed E-state index contributed by atoms with van der Waals surface area (Å²) in [6.07, 6.45) is -1.69. The Kier molecular flexibility index (Phi) is 4.40. The minimum absolute atomic E-state index is 0.0562. The molecule has 6 nitrogen and oxygen atoms in total. The number of alkyl halides is 3. The van der Waals surface area contributed by atoms with Crippen molar-refractivity contribution < 1.29 is 27.3 Å². The number of halogens is 3. The zero-order chi connectivity index (χ0) is 20.1. The summed E-state index contributed by atoms with van der Waals surface area (Å²) in [7, 11) is 0.